The van der Waals surface area contributed by atoms with E-state index in [0.717, 1.165) is 31.2 Å². The molecule has 0 atom stereocenters. The van der Waals surface area contributed by atoms with Crippen LogP contribution in [-0.4, -0.2) is 13.3 Å². The van der Waals surface area contributed by atoms with Crippen molar-refractivity contribution >= 4 is 6.16 Å². The Morgan fingerprint density at radius 3 is 2.50 bits per heavy atom. The largest absolute Gasteiger partial charge is 0.513 e. The first kappa shape index (κ1) is 14.8. The fraction of sp³-hybridized carbons (Fsp3) is 0.562. The molecular weight excluding hydrogens is 259 g/mol. The molecule has 0 amide bonds. The maximum Gasteiger partial charge on any atom is 0.513 e. The summed E-state index contributed by atoms with van der Waals surface area (Å²) >= 11 is 0. The van der Waals surface area contributed by atoms with Gasteiger partial charge in [0.2, 0.25) is 0 Å². The molecule has 4 heteroatoms. The van der Waals surface area contributed by atoms with Gasteiger partial charge < -0.3 is 9.47 Å². The summed E-state index contributed by atoms with van der Waals surface area (Å²) in [4.78, 5) is 11.4. The van der Waals surface area contributed by atoms with E-state index >= 15 is 0 Å². The van der Waals surface area contributed by atoms with E-state index in [-0.39, 0.29) is 11.2 Å². The van der Waals surface area contributed by atoms with Gasteiger partial charge in [-0.05, 0) is 42.9 Å². The van der Waals surface area contributed by atoms with E-state index < -0.39 is 6.16 Å². The molecule has 1 aliphatic rings. The molecule has 2 rings (SSSR count). The van der Waals surface area contributed by atoms with Crippen LogP contribution in [-0.2, 0) is 10.2 Å². The maximum absolute atomic E-state index is 13.9. The summed E-state index contributed by atoms with van der Waals surface area (Å²) in [6.45, 7) is 3.77. The van der Waals surface area contributed by atoms with Crippen molar-refractivity contribution in [2.24, 2.45) is 0 Å². The molecule has 0 spiro atoms. The molecule has 0 aliphatic heterocycles. The summed E-state index contributed by atoms with van der Waals surface area (Å²) in [6.07, 6.45) is 4.63. The van der Waals surface area contributed by atoms with Crippen molar-refractivity contribution in [1.29, 1.82) is 0 Å². The monoisotopic (exact) mass is 280 g/mol. The van der Waals surface area contributed by atoms with Crippen molar-refractivity contribution in [1.82, 2.24) is 0 Å². The molecule has 0 bridgehead atoms. The Bertz CT molecular complexity index is 505. The second-order valence-electron chi connectivity index (χ2n) is 5.78. The average molecular weight is 280 g/mol. The van der Waals surface area contributed by atoms with Crippen molar-refractivity contribution in [3.05, 3.63) is 29.1 Å². The molecule has 1 aromatic carbocycles. The molecule has 1 aliphatic carbocycles. The molecule has 0 saturated heterocycles. The molecule has 0 radical (unpaired) electrons. The van der Waals surface area contributed by atoms with Gasteiger partial charge in [-0.3, -0.25) is 0 Å². The molecule has 0 aromatic heterocycles. The fourth-order valence-corrected chi connectivity index (χ4v) is 2.94. The lowest BCUT2D eigenvalue weighted by Crippen LogP contribution is -2.26. The van der Waals surface area contributed by atoms with E-state index in [2.05, 4.69) is 11.7 Å². The minimum Gasteiger partial charge on any atom is -0.437 e. The van der Waals surface area contributed by atoms with Crippen molar-refractivity contribution in [3.63, 3.8) is 0 Å². The Balaban J connectivity index is 2.43. The number of carbonyl (C=O) groups excluding carboxylic acids is 1. The molecule has 0 N–H and O–H groups in total. The van der Waals surface area contributed by atoms with Crippen LogP contribution in [0.1, 0.15) is 50.2 Å². The summed E-state index contributed by atoms with van der Waals surface area (Å²) in [7, 11) is 1.26. The van der Waals surface area contributed by atoms with Gasteiger partial charge >= 0.3 is 6.16 Å². The number of hydrogen-bond acceptors (Lipinski definition) is 3. The van der Waals surface area contributed by atoms with E-state index in [9.17, 15) is 9.18 Å². The van der Waals surface area contributed by atoms with Crippen molar-refractivity contribution in [2.75, 3.05) is 7.11 Å². The lowest BCUT2D eigenvalue weighted by atomic mass is 9.70. The van der Waals surface area contributed by atoms with Gasteiger partial charge in [0.1, 0.15) is 11.6 Å². The standard InChI is InChI=1S/C16H21FO3/c1-11-9-14(20-15(18)19-3)12(10-13(11)17)16(2)7-5-4-6-8-16/h9-10H,4-8H2,1-3H3. The number of carbonyl (C=O) groups is 1. The zero-order valence-corrected chi connectivity index (χ0v) is 12.3. The summed E-state index contributed by atoms with van der Waals surface area (Å²) in [5, 5.41) is 0. The van der Waals surface area contributed by atoms with E-state index in [1.807, 2.05) is 0 Å². The van der Waals surface area contributed by atoms with Gasteiger partial charge in [-0.2, -0.15) is 0 Å². The summed E-state index contributed by atoms with van der Waals surface area (Å²) in [5.41, 5.74) is 1.09. The SMILES string of the molecule is COC(=O)Oc1cc(C)c(F)cc1C1(C)CCCCC1. The third-order valence-electron chi connectivity index (χ3n) is 4.23. The number of aryl methyl sites for hydroxylation is 1. The van der Waals surface area contributed by atoms with Crippen LogP contribution in [0, 0.1) is 12.7 Å². The highest BCUT2D eigenvalue weighted by Crippen LogP contribution is 2.43. The predicted octanol–water partition coefficient (Wildman–Crippen LogP) is 4.50. The molecule has 1 aromatic rings. The quantitative estimate of drug-likeness (QED) is 0.591. The van der Waals surface area contributed by atoms with E-state index in [1.165, 1.54) is 19.6 Å². The van der Waals surface area contributed by atoms with Gasteiger partial charge in [-0.1, -0.05) is 26.2 Å². The molecular formula is C16H21FO3. The maximum atomic E-state index is 13.9. The van der Waals surface area contributed by atoms with Gasteiger partial charge in [0.05, 0.1) is 7.11 Å². The van der Waals surface area contributed by atoms with Crippen molar-refractivity contribution in [3.8, 4) is 5.75 Å². The smallest absolute Gasteiger partial charge is 0.437 e. The van der Waals surface area contributed by atoms with Gasteiger partial charge in [0.25, 0.3) is 0 Å². The van der Waals surface area contributed by atoms with Crippen LogP contribution in [0.4, 0.5) is 9.18 Å². The Kier molecular flexibility index (Phi) is 4.31. The Hall–Kier alpha value is -1.58. The van der Waals surface area contributed by atoms with Crippen LogP contribution in [0.2, 0.25) is 0 Å². The van der Waals surface area contributed by atoms with Crippen LogP contribution >= 0.6 is 0 Å². The van der Waals surface area contributed by atoms with Gasteiger partial charge in [0, 0.05) is 5.56 Å². The first-order chi connectivity index (χ1) is 9.46. The highest BCUT2D eigenvalue weighted by molar-refractivity contribution is 5.65. The van der Waals surface area contributed by atoms with Crippen molar-refractivity contribution < 1.29 is 18.7 Å². The predicted molar refractivity (Wildman–Crippen MR) is 74.6 cm³/mol. The van der Waals surface area contributed by atoms with Crippen LogP contribution in [0.3, 0.4) is 0 Å². The number of halogens is 1. The van der Waals surface area contributed by atoms with Crippen LogP contribution < -0.4 is 4.74 Å². The minimum atomic E-state index is -0.767. The normalized spacial score (nSPS) is 17.6. The number of hydrogen-bond donors (Lipinski definition) is 0. The average Bonchev–Trinajstić information content (AvgIpc) is 2.43. The third-order valence-corrected chi connectivity index (χ3v) is 4.23. The minimum absolute atomic E-state index is 0.143. The van der Waals surface area contributed by atoms with Gasteiger partial charge in [-0.15, -0.1) is 0 Å². The van der Waals surface area contributed by atoms with Gasteiger partial charge in [-0.25, -0.2) is 9.18 Å². The molecule has 3 nitrogen and oxygen atoms in total. The Labute approximate surface area is 119 Å². The highest BCUT2D eigenvalue weighted by atomic mass is 19.1. The zero-order valence-electron chi connectivity index (χ0n) is 12.3. The zero-order chi connectivity index (χ0) is 14.8. The fourth-order valence-electron chi connectivity index (χ4n) is 2.94. The van der Waals surface area contributed by atoms with Crippen LogP contribution in [0.15, 0.2) is 12.1 Å². The molecule has 0 unspecified atom stereocenters. The molecule has 1 saturated carbocycles. The molecule has 110 valence electrons. The summed E-state index contributed by atoms with van der Waals surface area (Å²) < 4.78 is 23.7. The molecule has 20 heavy (non-hydrogen) atoms. The Morgan fingerprint density at radius 2 is 1.90 bits per heavy atom. The second kappa shape index (κ2) is 5.81. The van der Waals surface area contributed by atoms with Crippen LogP contribution in [0.25, 0.3) is 0 Å². The summed E-state index contributed by atoms with van der Waals surface area (Å²) in [5.74, 6) is 0.157. The van der Waals surface area contributed by atoms with Crippen LogP contribution in [0.5, 0.6) is 5.75 Å². The number of ether oxygens (including phenoxy) is 2. The van der Waals surface area contributed by atoms with Gasteiger partial charge in [0.15, 0.2) is 0 Å². The van der Waals surface area contributed by atoms with E-state index in [1.54, 1.807) is 13.0 Å². The van der Waals surface area contributed by atoms with E-state index in [0.29, 0.717) is 11.3 Å². The molecule has 1 fully saturated rings. The highest BCUT2D eigenvalue weighted by Gasteiger charge is 2.33. The first-order valence-corrected chi connectivity index (χ1v) is 7.03. The Morgan fingerprint density at radius 1 is 1.25 bits per heavy atom. The first-order valence-electron chi connectivity index (χ1n) is 7.03. The topological polar surface area (TPSA) is 35.5 Å². The number of benzene rings is 1. The number of methoxy groups -OCH3 is 1. The number of rotatable bonds is 2. The lowest BCUT2D eigenvalue weighted by molar-refractivity contribution is 0.120. The summed E-state index contributed by atoms with van der Waals surface area (Å²) in [6, 6.07) is 3.10. The molecule has 0 heterocycles. The lowest BCUT2D eigenvalue weighted by Gasteiger charge is -2.35. The van der Waals surface area contributed by atoms with E-state index in [4.69, 9.17) is 4.74 Å². The second-order valence-corrected chi connectivity index (χ2v) is 5.78. The van der Waals surface area contributed by atoms with Crippen molar-refractivity contribution in [2.45, 2.75) is 51.4 Å². The third kappa shape index (κ3) is 2.94.